The van der Waals surface area contributed by atoms with E-state index in [1.165, 1.54) is 11.3 Å². The summed E-state index contributed by atoms with van der Waals surface area (Å²) in [5.41, 5.74) is 0.976. The molecule has 0 aliphatic rings. The fraction of sp³-hybridized carbons (Fsp3) is 0.556. The van der Waals surface area contributed by atoms with Crippen molar-refractivity contribution in [3.8, 4) is 16.8 Å². The monoisotopic (exact) mass is 360 g/mol. The van der Waals surface area contributed by atoms with E-state index in [-0.39, 0.29) is 17.2 Å². The molecule has 0 spiro atoms. The highest BCUT2D eigenvalue weighted by Gasteiger charge is 2.26. The molecule has 0 fully saturated rings. The molecule has 2 heterocycles. The van der Waals surface area contributed by atoms with E-state index in [0.29, 0.717) is 22.3 Å². The van der Waals surface area contributed by atoms with Crippen molar-refractivity contribution in [1.82, 2.24) is 10.1 Å². The second-order valence-electron chi connectivity index (χ2n) is 7.05. The van der Waals surface area contributed by atoms with Crippen molar-refractivity contribution in [3.63, 3.8) is 0 Å². The normalized spacial score (nSPS) is 11.6. The molecule has 1 N–H and O–H groups in total. The second kappa shape index (κ2) is 7.36. The summed E-state index contributed by atoms with van der Waals surface area (Å²) >= 11 is 1.30. The Labute approximate surface area is 152 Å². The van der Waals surface area contributed by atoms with Gasteiger partial charge in [0.2, 0.25) is 5.91 Å². The Hall–Kier alpha value is -2.20. The Morgan fingerprint density at radius 1 is 1.36 bits per heavy atom. The first-order valence-corrected chi connectivity index (χ1v) is 9.23. The van der Waals surface area contributed by atoms with Gasteiger partial charge in [0.25, 0.3) is 5.89 Å². The summed E-state index contributed by atoms with van der Waals surface area (Å²) in [6.45, 7) is 11.8. The molecule has 7 heteroatoms. The molecule has 2 aromatic rings. The lowest BCUT2D eigenvalue weighted by Crippen LogP contribution is -2.21. The molecule has 0 radical (unpaired) electrons. The van der Waals surface area contributed by atoms with Gasteiger partial charge in [0, 0.05) is 11.3 Å². The van der Waals surface area contributed by atoms with Crippen molar-refractivity contribution in [2.45, 2.75) is 59.8 Å². The molecule has 1 amide bonds. The largest absolute Gasteiger partial charge is 0.333 e. The number of thiophene rings is 1. The van der Waals surface area contributed by atoms with Crippen LogP contribution in [-0.2, 0) is 10.2 Å². The molecular formula is C18H24N4O2S. The first-order valence-electron chi connectivity index (χ1n) is 8.41. The summed E-state index contributed by atoms with van der Waals surface area (Å²) in [7, 11) is 0. The maximum Gasteiger partial charge on any atom is 0.268 e. The van der Waals surface area contributed by atoms with Gasteiger partial charge in [-0.2, -0.15) is 10.2 Å². The van der Waals surface area contributed by atoms with Crippen molar-refractivity contribution in [2.75, 3.05) is 5.32 Å². The molecule has 134 valence electrons. The van der Waals surface area contributed by atoms with E-state index >= 15 is 0 Å². The van der Waals surface area contributed by atoms with Crippen LogP contribution in [0.15, 0.2) is 4.52 Å². The fourth-order valence-corrected chi connectivity index (χ4v) is 3.52. The van der Waals surface area contributed by atoms with E-state index in [0.717, 1.165) is 23.3 Å². The Morgan fingerprint density at radius 2 is 2.00 bits per heavy atom. The molecule has 0 aliphatic carbocycles. The third-order valence-electron chi connectivity index (χ3n) is 4.14. The summed E-state index contributed by atoms with van der Waals surface area (Å²) in [5.74, 6) is 0.867. The summed E-state index contributed by atoms with van der Waals surface area (Å²) < 4.78 is 5.39. The molecule has 0 unspecified atom stereocenters. The number of nitrogens with zero attached hydrogens (tertiary/aromatic N) is 3. The fourth-order valence-electron chi connectivity index (χ4n) is 2.43. The highest BCUT2D eigenvalue weighted by Crippen LogP contribution is 2.39. The minimum atomic E-state index is -0.225. The standard InChI is InChI=1S/C18H24N4O2S/c1-7-11(8-2)14(23)20-16-12(9-19)10(3)13(25-16)15-21-17(22-24-15)18(4,5)6/h11H,7-8H2,1-6H3,(H,20,23). The molecule has 0 bridgehead atoms. The molecule has 6 nitrogen and oxygen atoms in total. The van der Waals surface area contributed by atoms with Crippen LogP contribution in [0, 0.1) is 24.2 Å². The molecule has 0 saturated heterocycles. The predicted octanol–water partition coefficient (Wildman–Crippen LogP) is 4.65. The van der Waals surface area contributed by atoms with Gasteiger partial charge < -0.3 is 9.84 Å². The molecule has 2 rings (SSSR count). The minimum absolute atomic E-state index is 0.0600. The molecular weight excluding hydrogens is 336 g/mol. The maximum absolute atomic E-state index is 12.4. The molecule has 0 aliphatic heterocycles. The second-order valence-corrected chi connectivity index (χ2v) is 8.07. The number of carbonyl (C=O) groups is 1. The third-order valence-corrected chi connectivity index (χ3v) is 5.34. The van der Waals surface area contributed by atoms with Crippen LogP contribution >= 0.6 is 11.3 Å². The van der Waals surface area contributed by atoms with E-state index in [4.69, 9.17) is 4.52 Å². The SMILES string of the molecule is CCC(CC)C(=O)Nc1sc(-c2nc(C(C)(C)C)no2)c(C)c1C#N. The summed E-state index contributed by atoms with van der Waals surface area (Å²) in [4.78, 5) is 17.6. The number of rotatable bonds is 5. The summed E-state index contributed by atoms with van der Waals surface area (Å²) in [6.07, 6.45) is 1.53. The smallest absolute Gasteiger partial charge is 0.268 e. The zero-order valence-electron chi connectivity index (χ0n) is 15.6. The van der Waals surface area contributed by atoms with Crippen molar-refractivity contribution >= 4 is 22.2 Å². The van der Waals surface area contributed by atoms with Crippen LogP contribution in [0.25, 0.3) is 10.8 Å². The molecule has 0 aromatic carbocycles. The number of amides is 1. The van der Waals surface area contributed by atoms with Crippen LogP contribution in [0.5, 0.6) is 0 Å². The molecule has 2 aromatic heterocycles. The van der Waals surface area contributed by atoms with E-state index in [1.807, 2.05) is 41.5 Å². The van der Waals surface area contributed by atoms with Crippen molar-refractivity contribution in [3.05, 3.63) is 17.0 Å². The lowest BCUT2D eigenvalue weighted by atomic mass is 9.96. The molecule has 0 saturated carbocycles. The van der Waals surface area contributed by atoms with Gasteiger partial charge in [-0.1, -0.05) is 39.8 Å². The molecule has 25 heavy (non-hydrogen) atoms. The average molecular weight is 360 g/mol. The average Bonchev–Trinajstić information content (AvgIpc) is 3.13. The van der Waals surface area contributed by atoms with Crippen LogP contribution in [0.3, 0.4) is 0 Å². The van der Waals surface area contributed by atoms with E-state index in [9.17, 15) is 10.1 Å². The topological polar surface area (TPSA) is 91.8 Å². The maximum atomic E-state index is 12.4. The Bertz CT molecular complexity index is 804. The van der Waals surface area contributed by atoms with Crippen molar-refractivity contribution in [1.29, 1.82) is 5.26 Å². The van der Waals surface area contributed by atoms with Gasteiger partial charge in [0.1, 0.15) is 11.1 Å². The van der Waals surface area contributed by atoms with Crippen molar-refractivity contribution < 1.29 is 9.32 Å². The van der Waals surface area contributed by atoms with Crippen LogP contribution < -0.4 is 5.32 Å². The van der Waals surface area contributed by atoms with Crippen LogP contribution in [0.1, 0.15) is 64.4 Å². The highest BCUT2D eigenvalue weighted by atomic mass is 32.1. The number of hydrogen-bond acceptors (Lipinski definition) is 6. The van der Waals surface area contributed by atoms with Gasteiger partial charge in [-0.05, 0) is 25.3 Å². The number of nitrogens with one attached hydrogen (secondary N) is 1. The Balaban J connectivity index is 2.40. The Morgan fingerprint density at radius 3 is 2.48 bits per heavy atom. The van der Waals surface area contributed by atoms with Gasteiger partial charge in [-0.3, -0.25) is 4.79 Å². The predicted molar refractivity (Wildman–Crippen MR) is 98.5 cm³/mol. The zero-order valence-corrected chi connectivity index (χ0v) is 16.4. The first kappa shape index (κ1) is 19.1. The van der Waals surface area contributed by atoms with Crippen LogP contribution in [0.4, 0.5) is 5.00 Å². The van der Waals surface area contributed by atoms with Crippen LogP contribution in [-0.4, -0.2) is 16.0 Å². The Kier molecular flexibility index (Phi) is 5.63. The number of nitriles is 1. The summed E-state index contributed by atoms with van der Waals surface area (Å²) in [5, 5.41) is 17.0. The zero-order chi connectivity index (χ0) is 18.8. The quantitative estimate of drug-likeness (QED) is 0.838. The number of carbonyl (C=O) groups excluding carboxylic acids is 1. The van der Waals surface area contributed by atoms with Crippen LogP contribution in [0.2, 0.25) is 0 Å². The van der Waals surface area contributed by atoms with Gasteiger partial charge in [-0.25, -0.2) is 0 Å². The minimum Gasteiger partial charge on any atom is -0.333 e. The number of hydrogen-bond donors (Lipinski definition) is 1. The molecule has 0 atom stereocenters. The lowest BCUT2D eigenvalue weighted by molar-refractivity contribution is -0.120. The number of aromatic nitrogens is 2. The van der Waals surface area contributed by atoms with Gasteiger partial charge in [0.15, 0.2) is 5.82 Å². The lowest BCUT2D eigenvalue weighted by Gasteiger charge is -2.11. The summed E-state index contributed by atoms with van der Waals surface area (Å²) in [6, 6.07) is 2.18. The highest BCUT2D eigenvalue weighted by molar-refractivity contribution is 7.20. The number of anilines is 1. The first-order chi connectivity index (χ1) is 11.7. The van der Waals surface area contributed by atoms with Crippen molar-refractivity contribution in [2.24, 2.45) is 5.92 Å². The third kappa shape index (κ3) is 3.90. The van der Waals surface area contributed by atoms with Gasteiger partial charge >= 0.3 is 0 Å². The van der Waals surface area contributed by atoms with Gasteiger partial charge in [0.05, 0.1) is 10.4 Å². The van der Waals surface area contributed by atoms with E-state index in [2.05, 4.69) is 21.5 Å². The van der Waals surface area contributed by atoms with Gasteiger partial charge in [-0.15, -0.1) is 11.3 Å². The van der Waals surface area contributed by atoms with E-state index < -0.39 is 0 Å². The van der Waals surface area contributed by atoms with E-state index in [1.54, 1.807) is 0 Å².